The normalized spacial score (nSPS) is 11.8. The van der Waals surface area contributed by atoms with Crippen LogP contribution in [0.4, 0.5) is 0 Å². The lowest BCUT2D eigenvalue weighted by atomic mass is 10.00. The van der Waals surface area contributed by atoms with Gasteiger partial charge in [-0.25, -0.2) is 0 Å². The van der Waals surface area contributed by atoms with Crippen molar-refractivity contribution < 1.29 is 0 Å². The zero-order valence-electron chi connectivity index (χ0n) is 17.7. The van der Waals surface area contributed by atoms with Crippen LogP contribution in [0.15, 0.2) is 114 Å². The average molecular weight is 487 g/mol. The van der Waals surface area contributed by atoms with Gasteiger partial charge in [-0.3, -0.25) is 0 Å². The number of halogens is 1. The summed E-state index contributed by atoms with van der Waals surface area (Å²) in [5.41, 5.74) is 7.08. The highest BCUT2D eigenvalue weighted by atomic mass is 79.9. The number of para-hydroxylation sites is 3. The Kier molecular flexibility index (Phi) is 4.02. The standard InChI is InChI=1S/C30H19BrN2/c31-29-24-13-3-6-14-25(24)32-30(29)23-17-18-28(20-10-2-1-9-19(20)23)33-26-15-7-4-11-21(26)22-12-5-8-16-27(22)33/h1-18,32H. The van der Waals surface area contributed by atoms with Crippen molar-refractivity contribution in [3.8, 4) is 16.9 Å². The number of hydrogen-bond acceptors (Lipinski definition) is 0. The molecule has 0 aliphatic rings. The monoisotopic (exact) mass is 486 g/mol. The number of aromatic nitrogens is 2. The third kappa shape index (κ3) is 2.66. The summed E-state index contributed by atoms with van der Waals surface area (Å²) in [6, 6.07) is 39.0. The molecular weight excluding hydrogens is 468 g/mol. The van der Waals surface area contributed by atoms with Crippen LogP contribution in [-0.4, -0.2) is 9.55 Å². The van der Waals surface area contributed by atoms with Gasteiger partial charge < -0.3 is 9.55 Å². The molecule has 0 spiro atoms. The predicted octanol–water partition coefficient (Wildman–Crippen LogP) is 8.85. The van der Waals surface area contributed by atoms with Gasteiger partial charge in [0.2, 0.25) is 0 Å². The van der Waals surface area contributed by atoms with Crippen molar-refractivity contribution >= 4 is 59.4 Å². The molecule has 0 saturated heterocycles. The van der Waals surface area contributed by atoms with Gasteiger partial charge in [-0.15, -0.1) is 0 Å². The van der Waals surface area contributed by atoms with Gasteiger partial charge in [-0.2, -0.15) is 0 Å². The molecule has 33 heavy (non-hydrogen) atoms. The molecule has 1 N–H and O–H groups in total. The molecule has 0 aliphatic heterocycles. The van der Waals surface area contributed by atoms with E-state index in [2.05, 4.69) is 135 Å². The average Bonchev–Trinajstić information content (AvgIpc) is 3.39. The zero-order chi connectivity index (χ0) is 21.9. The number of rotatable bonds is 2. The van der Waals surface area contributed by atoms with E-state index in [9.17, 15) is 0 Å². The number of aromatic amines is 1. The van der Waals surface area contributed by atoms with Gasteiger partial charge in [-0.05, 0) is 45.6 Å². The van der Waals surface area contributed by atoms with Crippen LogP contribution in [0.5, 0.6) is 0 Å². The number of nitrogens with one attached hydrogen (secondary N) is 1. The largest absolute Gasteiger partial charge is 0.354 e. The maximum Gasteiger partial charge on any atom is 0.0615 e. The number of benzene rings is 5. The lowest BCUT2D eigenvalue weighted by Crippen LogP contribution is -1.96. The van der Waals surface area contributed by atoms with Crippen molar-refractivity contribution in [1.82, 2.24) is 9.55 Å². The van der Waals surface area contributed by atoms with Crippen LogP contribution in [0.1, 0.15) is 0 Å². The highest BCUT2D eigenvalue weighted by molar-refractivity contribution is 9.10. The minimum absolute atomic E-state index is 1.10. The van der Waals surface area contributed by atoms with E-state index in [1.165, 1.54) is 49.2 Å². The molecule has 156 valence electrons. The molecule has 5 aromatic carbocycles. The summed E-state index contributed by atoms with van der Waals surface area (Å²) >= 11 is 3.86. The Morgan fingerprint density at radius 3 is 1.73 bits per heavy atom. The van der Waals surface area contributed by atoms with Crippen molar-refractivity contribution in [2.75, 3.05) is 0 Å². The van der Waals surface area contributed by atoms with Crippen molar-refractivity contribution in [3.63, 3.8) is 0 Å². The first-order valence-corrected chi connectivity index (χ1v) is 11.9. The predicted molar refractivity (Wildman–Crippen MR) is 143 cm³/mol. The Morgan fingerprint density at radius 1 is 0.515 bits per heavy atom. The van der Waals surface area contributed by atoms with Crippen LogP contribution in [0.25, 0.3) is 60.4 Å². The number of fused-ring (bicyclic) bond motifs is 5. The summed E-state index contributed by atoms with van der Waals surface area (Å²) < 4.78 is 3.50. The van der Waals surface area contributed by atoms with E-state index in [-0.39, 0.29) is 0 Å². The molecule has 0 fully saturated rings. The fraction of sp³-hybridized carbons (Fsp3) is 0. The van der Waals surface area contributed by atoms with Crippen molar-refractivity contribution in [2.45, 2.75) is 0 Å². The summed E-state index contributed by atoms with van der Waals surface area (Å²) in [6.45, 7) is 0. The third-order valence-electron chi connectivity index (χ3n) is 6.63. The Bertz CT molecular complexity index is 1780. The van der Waals surface area contributed by atoms with Gasteiger partial charge in [0.25, 0.3) is 0 Å². The fourth-order valence-electron chi connectivity index (χ4n) is 5.17. The van der Waals surface area contributed by atoms with Gasteiger partial charge in [0, 0.05) is 32.6 Å². The molecule has 0 atom stereocenters. The molecule has 0 bridgehead atoms. The second-order valence-electron chi connectivity index (χ2n) is 8.41. The number of H-pyrrole nitrogens is 1. The molecule has 2 nitrogen and oxygen atoms in total. The van der Waals surface area contributed by atoms with Crippen LogP contribution in [0, 0.1) is 0 Å². The third-order valence-corrected chi connectivity index (χ3v) is 7.46. The topological polar surface area (TPSA) is 20.7 Å². The molecular formula is C30H19BrN2. The molecule has 0 saturated carbocycles. The highest BCUT2D eigenvalue weighted by Gasteiger charge is 2.17. The summed E-state index contributed by atoms with van der Waals surface area (Å²) in [4.78, 5) is 3.63. The molecule has 7 aromatic rings. The molecule has 2 aromatic heterocycles. The van der Waals surface area contributed by atoms with E-state index in [1.807, 2.05) is 0 Å². The van der Waals surface area contributed by atoms with E-state index in [0.29, 0.717) is 0 Å². The van der Waals surface area contributed by atoms with Gasteiger partial charge >= 0.3 is 0 Å². The van der Waals surface area contributed by atoms with Crippen molar-refractivity contribution in [2.24, 2.45) is 0 Å². The van der Waals surface area contributed by atoms with E-state index in [4.69, 9.17) is 0 Å². The van der Waals surface area contributed by atoms with E-state index in [0.717, 1.165) is 15.7 Å². The second kappa shape index (κ2) is 7.09. The summed E-state index contributed by atoms with van der Waals surface area (Å²) in [6.07, 6.45) is 0. The fourth-order valence-corrected chi connectivity index (χ4v) is 5.83. The van der Waals surface area contributed by atoms with Crippen LogP contribution in [-0.2, 0) is 0 Å². The molecule has 0 amide bonds. The molecule has 0 aliphatic carbocycles. The maximum absolute atomic E-state index is 3.86. The molecule has 0 unspecified atom stereocenters. The number of nitrogens with zero attached hydrogens (tertiary/aromatic N) is 1. The summed E-state index contributed by atoms with van der Waals surface area (Å²) in [5.74, 6) is 0. The highest BCUT2D eigenvalue weighted by Crippen LogP contribution is 2.41. The van der Waals surface area contributed by atoms with Crippen LogP contribution in [0.3, 0.4) is 0 Å². The smallest absolute Gasteiger partial charge is 0.0615 e. The minimum Gasteiger partial charge on any atom is -0.354 e. The van der Waals surface area contributed by atoms with Crippen molar-refractivity contribution in [3.05, 3.63) is 114 Å². The Morgan fingerprint density at radius 2 is 1.06 bits per heavy atom. The van der Waals surface area contributed by atoms with Crippen molar-refractivity contribution in [1.29, 1.82) is 0 Å². The lowest BCUT2D eigenvalue weighted by Gasteiger charge is -2.14. The lowest BCUT2D eigenvalue weighted by molar-refractivity contribution is 1.20. The summed E-state index contributed by atoms with van der Waals surface area (Å²) in [7, 11) is 0. The van der Waals surface area contributed by atoms with Gasteiger partial charge in [0.1, 0.15) is 0 Å². The molecule has 3 heteroatoms. The molecule has 2 heterocycles. The Labute approximate surface area is 199 Å². The first-order chi connectivity index (χ1) is 16.3. The maximum atomic E-state index is 3.86. The molecule has 7 rings (SSSR count). The zero-order valence-corrected chi connectivity index (χ0v) is 19.3. The second-order valence-corrected chi connectivity index (χ2v) is 9.20. The van der Waals surface area contributed by atoms with Crippen LogP contribution < -0.4 is 0 Å². The van der Waals surface area contributed by atoms with Gasteiger partial charge in [-0.1, -0.05) is 84.9 Å². The van der Waals surface area contributed by atoms with Crippen LogP contribution >= 0.6 is 15.9 Å². The quantitative estimate of drug-likeness (QED) is 0.252. The van der Waals surface area contributed by atoms with Gasteiger partial charge in [0.15, 0.2) is 0 Å². The molecule has 0 radical (unpaired) electrons. The van der Waals surface area contributed by atoms with E-state index >= 15 is 0 Å². The van der Waals surface area contributed by atoms with E-state index < -0.39 is 0 Å². The first kappa shape index (κ1) is 18.7. The van der Waals surface area contributed by atoms with Crippen LogP contribution in [0.2, 0.25) is 0 Å². The van der Waals surface area contributed by atoms with E-state index in [1.54, 1.807) is 0 Å². The summed E-state index contributed by atoms with van der Waals surface area (Å²) in [5, 5.41) is 6.21. The minimum atomic E-state index is 1.10. The van der Waals surface area contributed by atoms with Gasteiger partial charge in [0.05, 0.1) is 26.9 Å². The Balaban J connectivity index is 1.57. The first-order valence-electron chi connectivity index (χ1n) is 11.1. The SMILES string of the molecule is Brc1c(-c2ccc(-n3c4ccccc4c4ccccc43)c3ccccc23)[nH]c2ccccc12. The Hall–Kier alpha value is -3.82. The number of hydrogen-bond donors (Lipinski definition) is 1.